The van der Waals surface area contributed by atoms with Gasteiger partial charge in [0.25, 0.3) is 0 Å². The Morgan fingerprint density at radius 2 is 2.18 bits per heavy atom. The summed E-state index contributed by atoms with van der Waals surface area (Å²) in [7, 11) is 0. The van der Waals surface area contributed by atoms with E-state index in [1.54, 1.807) is 23.5 Å². The van der Waals surface area contributed by atoms with E-state index in [1.165, 1.54) is 5.56 Å². The maximum Gasteiger partial charge on any atom is 0.164 e. The van der Waals surface area contributed by atoms with Gasteiger partial charge in [-0.1, -0.05) is 27.5 Å². The second kappa shape index (κ2) is 5.80. The van der Waals surface area contributed by atoms with Crippen molar-refractivity contribution in [2.24, 2.45) is 0 Å². The van der Waals surface area contributed by atoms with Crippen LogP contribution in [0, 0.1) is 0 Å². The second-order valence-electron chi connectivity index (χ2n) is 3.68. The first kappa shape index (κ1) is 12.8. The highest BCUT2D eigenvalue weighted by atomic mass is 79.9. The van der Waals surface area contributed by atoms with Gasteiger partial charge in [0.1, 0.15) is 0 Å². The summed E-state index contributed by atoms with van der Waals surface area (Å²) in [6.07, 6.45) is 1.27. The van der Waals surface area contributed by atoms with Gasteiger partial charge in [-0.2, -0.15) is 11.3 Å². The van der Waals surface area contributed by atoms with Crippen molar-refractivity contribution in [2.45, 2.75) is 12.8 Å². The summed E-state index contributed by atoms with van der Waals surface area (Å²) in [4.78, 5) is 12.0. The molecular weight excluding hydrogens is 320 g/mol. The molecule has 0 spiro atoms. The first-order valence-corrected chi connectivity index (χ1v) is 7.27. The normalized spacial score (nSPS) is 10.5. The number of aryl methyl sites for hydroxylation is 1. The number of ketones is 1. The van der Waals surface area contributed by atoms with E-state index in [-0.39, 0.29) is 5.78 Å². The van der Waals surface area contributed by atoms with Crippen molar-refractivity contribution >= 4 is 44.7 Å². The van der Waals surface area contributed by atoms with Crippen molar-refractivity contribution in [1.82, 2.24) is 0 Å². The predicted molar refractivity (Wildman–Crippen MR) is 76.1 cm³/mol. The Morgan fingerprint density at radius 1 is 1.35 bits per heavy atom. The van der Waals surface area contributed by atoms with E-state index in [2.05, 4.69) is 21.3 Å². The van der Waals surface area contributed by atoms with Crippen LogP contribution in [0.2, 0.25) is 5.02 Å². The Bertz CT molecular complexity index is 522. The highest BCUT2D eigenvalue weighted by molar-refractivity contribution is 9.10. The molecule has 1 aromatic carbocycles. The van der Waals surface area contributed by atoms with E-state index < -0.39 is 0 Å². The lowest BCUT2D eigenvalue weighted by molar-refractivity contribution is 0.0983. The Labute approximate surface area is 118 Å². The van der Waals surface area contributed by atoms with Gasteiger partial charge in [0.05, 0.1) is 5.02 Å². The molecule has 4 heteroatoms. The molecule has 0 aliphatic carbocycles. The molecular formula is C13H10BrClOS. The number of hydrogen-bond donors (Lipinski definition) is 0. The number of carbonyl (C=O) groups is 1. The zero-order valence-electron chi connectivity index (χ0n) is 8.95. The minimum atomic E-state index is 0.0914. The van der Waals surface area contributed by atoms with Gasteiger partial charge >= 0.3 is 0 Å². The minimum absolute atomic E-state index is 0.0914. The summed E-state index contributed by atoms with van der Waals surface area (Å²) in [5, 5.41) is 4.60. The average Bonchev–Trinajstić information content (AvgIpc) is 2.78. The highest BCUT2D eigenvalue weighted by Gasteiger charge is 2.10. The van der Waals surface area contributed by atoms with Crippen LogP contribution in [-0.4, -0.2) is 5.78 Å². The number of hydrogen-bond acceptors (Lipinski definition) is 2. The van der Waals surface area contributed by atoms with Gasteiger partial charge in [-0.05, 0) is 47.0 Å². The molecule has 1 heterocycles. The molecule has 88 valence electrons. The summed E-state index contributed by atoms with van der Waals surface area (Å²) < 4.78 is 0.886. The Balaban J connectivity index is 2.04. The van der Waals surface area contributed by atoms with Crippen molar-refractivity contribution in [1.29, 1.82) is 0 Å². The molecule has 0 N–H and O–H groups in total. The minimum Gasteiger partial charge on any atom is -0.294 e. The maximum absolute atomic E-state index is 12.0. The highest BCUT2D eigenvalue weighted by Crippen LogP contribution is 2.23. The third-order valence-electron chi connectivity index (χ3n) is 2.45. The van der Waals surface area contributed by atoms with Gasteiger partial charge in [-0.25, -0.2) is 0 Å². The summed E-state index contributed by atoms with van der Waals surface area (Å²) in [6, 6.07) is 7.40. The van der Waals surface area contributed by atoms with E-state index in [1.807, 2.05) is 17.5 Å². The molecule has 0 aliphatic heterocycles. The topological polar surface area (TPSA) is 17.1 Å². The molecule has 0 atom stereocenters. The summed E-state index contributed by atoms with van der Waals surface area (Å²) in [6.45, 7) is 0. The second-order valence-corrected chi connectivity index (χ2v) is 5.78. The van der Waals surface area contributed by atoms with Crippen LogP contribution in [0.4, 0.5) is 0 Å². The fraction of sp³-hybridized carbons (Fsp3) is 0.154. The standard InChI is InChI=1S/C13H10BrClOS/c14-10-2-3-11(12(15)7-10)13(16)4-1-9-5-6-17-8-9/h2-3,5-8H,1,4H2. The Kier molecular flexibility index (Phi) is 4.37. The molecule has 0 bridgehead atoms. The number of Topliss-reactive ketones (excluding diaryl/α,β-unsaturated/α-hetero) is 1. The molecule has 0 fully saturated rings. The zero-order valence-corrected chi connectivity index (χ0v) is 12.1. The molecule has 2 rings (SSSR count). The lowest BCUT2D eigenvalue weighted by atomic mass is 10.0. The summed E-state index contributed by atoms with van der Waals surface area (Å²) in [5.41, 5.74) is 1.81. The molecule has 2 aromatic rings. The monoisotopic (exact) mass is 328 g/mol. The van der Waals surface area contributed by atoms with Crippen LogP contribution < -0.4 is 0 Å². The van der Waals surface area contributed by atoms with E-state index in [0.29, 0.717) is 17.0 Å². The first-order valence-electron chi connectivity index (χ1n) is 5.16. The van der Waals surface area contributed by atoms with Crippen LogP contribution in [-0.2, 0) is 6.42 Å². The van der Waals surface area contributed by atoms with Gasteiger partial charge in [0.15, 0.2) is 5.78 Å². The Morgan fingerprint density at radius 3 is 2.82 bits per heavy atom. The quantitative estimate of drug-likeness (QED) is 0.723. The third kappa shape index (κ3) is 3.41. The number of benzene rings is 1. The van der Waals surface area contributed by atoms with Crippen LogP contribution in [0.5, 0.6) is 0 Å². The fourth-order valence-corrected chi connectivity index (χ4v) is 3.03. The fourth-order valence-electron chi connectivity index (χ4n) is 1.54. The SMILES string of the molecule is O=C(CCc1ccsc1)c1ccc(Br)cc1Cl. The summed E-state index contributed by atoms with van der Waals surface area (Å²) in [5.74, 6) is 0.0914. The molecule has 1 aromatic heterocycles. The molecule has 0 radical (unpaired) electrons. The molecule has 0 saturated carbocycles. The van der Waals surface area contributed by atoms with Crippen molar-refractivity contribution in [2.75, 3.05) is 0 Å². The van der Waals surface area contributed by atoms with Gasteiger partial charge < -0.3 is 0 Å². The third-order valence-corrected chi connectivity index (χ3v) is 3.99. The molecule has 0 saturated heterocycles. The van der Waals surface area contributed by atoms with Crippen LogP contribution in [0.3, 0.4) is 0 Å². The van der Waals surface area contributed by atoms with Crippen molar-refractivity contribution in [3.63, 3.8) is 0 Å². The lowest BCUT2D eigenvalue weighted by Gasteiger charge is -2.03. The maximum atomic E-state index is 12.0. The van der Waals surface area contributed by atoms with Gasteiger partial charge in [0, 0.05) is 16.5 Å². The number of rotatable bonds is 4. The number of halogens is 2. The number of carbonyl (C=O) groups excluding carboxylic acids is 1. The van der Waals surface area contributed by atoms with E-state index in [4.69, 9.17) is 11.6 Å². The van der Waals surface area contributed by atoms with Crippen LogP contribution >= 0.6 is 38.9 Å². The molecule has 0 aliphatic rings. The predicted octanol–water partition coefficient (Wildman–Crippen LogP) is 4.98. The summed E-state index contributed by atoms with van der Waals surface area (Å²) >= 11 is 11.0. The lowest BCUT2D eigenvalue weighted by Crippen LogP contribution is -2.01. The largest absolute Gasteiger partial charge is 0.294 e. The smallest absolute Gasteiger partial charge is 0.164 e. The zero-order chi connectivity index (χ0) is 12.3. The first-order chi connectivity index (χ1) is 8.16. The molecule has 0 amide bonds. The molecule has 17 heavy (non-hydrogen) atoms. The average molecular weight is 330 g/mol. The van der Waals surface area contributed by atoms with Gasteiger partial charge in [-0.3, -0.25) is 4.79 Å². The molecule has 0 unspecified atom stereocenters. The van der Waals surface area contributed by atoms with Crippen molar-refractivity contribution in [3.8, 4) is 0 Å². The van der Waals surface area contributed by atoms with Crippen molar-refractivity contribution < 1.29 is 4.79 Å². The Hall–Kier alpha value is -0.640. The van der Waals surface area contributed by atoms with Crippen molar-refractivity contribution in [3.05, 3.63) is 55.6 Å². The number of thiophene rings is 1. The van der Waals surface area contributed by atoms with E-state index in [0.717, 1.165) is 10.9 Å². The van der Waals surface area contributed by atoms with Crippen LogP contribution in [0.1, 0.15) is 22.3 Å². The van der Waals surface area contributed by atoms with Crippen LogP contribution in [0.25, 0.3) is 0 Å². The van der Waals surface area contributed by atoms with Gasteiger partial charge in [-0.15, -0.1) is 0 Å². The molecule has 1 nitrogen and oxygen atoms in total. The van der Waals surface area contributed by atoms with Crippen LogP contribution in [0.15, 0.2) is 39.5 Å². The van der Waals surface area contributed by atoms with E-state index in [9.17, 15) is 4.79 Å². The van der Waals surface area contributed by atoms with E-state index >= 15 is 0 Å². The van der Waals surface area contributed by atoms with Gasteiger partial charge in [0.2, 0.25) is 0 Å².